The van der Waals surface area contributed by atoms with E-state index in [4.69, 9.17) is 10.00 Å². The highest BCUT2D eigenvalue weighted by molar-refractivity contribution is 5.90. The first-order valence-electron chi connectivity index (χ1n) is 5.72. The zero-order valence-electron chi connectivity index (χ0n) is 10.3. The van der Waals surface area contributed by atoms with Gasteiger partial charge in [0.05, 0.1) is 11.1 Å². The second-order valence-electron chi connectivity index (χ2n) is 3.99. The number of rotatable bonds is 3. The highest BCUT2D eigenvalue weighted by atomic mass is 19.1. The van der Waals surface area contributed by atoms with E-state index in [0.29, 0.717) is 6.07 Å². The number of hydrogen-bond donors (Lipinski definition) is 0. The predicted octanol–water partition coefficient (Wildman–Crippen LogP) is 3.19. The SMILES string of the molecule is N#Cc1cc(C(=O)OCc2ccccc2)c(F)cc1F. The lowest BCUT2D eigenvalue weighted by Gasteiger charge is -2.06. The maximum atomic E-state index is 13.5. The molecule has 3 nitrogen and oxygen atoms in total. The fourth-order valence-corrected chi connectivity index (χ4v) is 1.59. The lowest BCUT2D eigenvalue weighted by Crippen LogP contribution is -2.09. The van der Waals surface area contributed by atoms with Crippen LogP contribution in [0.1, 0.15) is 21.5 Å². The first-order chi connectivity index (χ1) is 9.61. The molecule has 20 heavy (non-hydrogen) atoms. The van der Waals surface area contributed by atoms with Crippen molar-refractivity contribution in [1.29, 1.82) is 5.26 Å². The third-order valence-electron chi connectivity index (χ3n) is 2.61. The number of benzene rings is 2. The molecule has 0 aliphatic rings. The molecule has 0 N–H and O–H groups in total. The fourth-order valence-electron chi connectivity index (χ4n) is 1.59. The number of hydrogen-bond acceptors (Lipinski definition) is 3. The minimum Gasteiger partial charge on any atom is -0.457 e. The van der Waals surface area contributed by atoms with E-state index in [1.54, 1.807) is 30.3 Å². The third kappa shape index (κ3) is 2.98. The first-order valence-corrected chi connectivity index (χ1v) is 5.72. The molecule has 0 spiro atoms. The molecule has 2 rings (SSSR count). The molecule has 0 radical (unpaired) electrons. The van der Waals surface area contributed by atoms with Gasteiger partial charge in [-0.05, 0) is 11.6 Å². The van der Waals surface area contributed by atoms with Gasteiger partial charge in [-0.2, -0.15) is 5.26 Å². The molecule has 0 bridgehead atoms. The quantitative estimate of drug-likeness (QED) is 0.807. The van der Waals surface area contributed by atoms with Crippen LogP contribution in [0.2, 0.25) is 0 Å². The Morgan fingerprint density at radius 3 is 2.50 bits per heavy atom. The van der Waals surface area contributed by atoms with Gasteiger partial charge in [-0.3, -0.25) is 0 Å². The molecule has 0 saturated carbocycles. The molecule has 0 aliphatic heterocycles. The third-order valence-corrected chi connectivity index (χ3v) is 2.61. The molecule has 0 aromatic heterocycles. The first kappa shape index (κ1) is 13.7. The minimum atomic E-state index is -1.06. The summed E-state index contributed by atoms with van der Waals surface area (Å²) in [5.74, 6) is -3.01. The van der Waals surface area contributed by atoms with Crippen molar-refractivity contribution < 1.29 is 18.3 Å². The number of carbonyl (C=O) groups is 1. The van der Waals surface area contributed by atoms with Crippen molar-refractivity contribution in [2.45, 2.75) is 6.61 Å². The van der Waals surface area contributed by atoms with Crippen LogP contribution in [0.25, 0.3) is 0 Å². The Morgan fingerprint density at radius 2 is 1.85 bits per heavy atom. The molecular formula is C15H9F2NO2. The van der Waals surface area contributed by atoms with Crippen molar-refractivity contribution in [3.8, 4) is 6.07 Å². The molecule has 0 unspecified atom stereocenters. The van der Waals surface area contributed by atoms with Crippen LogP contribution < -0.4 is 0 Å². The summed E-state index contributed by atoms with van der Waals surface area (Å²) >= 11 is 0. The van der Waals surface area contributed by atoms with Crippen molar-refractivity contribution in [1.82, 2.24) is 0 Å². The van der Waals surface area contributed by atoms with Crippen molar-refractivity contribution in [2.24, 2.45) is 0 Å². The smallest absolute Gasteiger partial charge is 0.341 e. The summed E-state index contributed by atoms with van der Waals surface area (Å²) in [5.41, 5.74) is -0.124. The lowest BCUT2D eigenvalue weighted by atomic mass is 10.1. The molecule has 100 valence electrons. The number of carbonyl (C=O) groups excluding carboxylic acids is 1. The summed E-state index contributed by atoms with van der Waals surface area (Å²) in [6.07, 6.45) is 0. The molecule has 0 heterocycles. The van der Waals surface area contributed by atoms with Crippen LogP contribution in [0, 0.1) is 23.0 Å². The van der Waals surface area contributed by atoms with Crippen LogP contribution in [-0.4, -0.2) is 5.97 Å². The van der Waals surface area contributed by atoms with Crippen molar-refractivity contribution in [3.63, 3.8) is 0 Å². The zero-order valence-corrected chi connectivity index (χ0v) is 10.3. The molecule has 2 aromatic carbocycles. The van der Waals surface area contributed by atoms with Crippen LogP contribution in [0.3, 0.4) is 0 Å². The summed E-state index contributed by atoms with van der Waals surface area (Å²) in [6.45, 7) is -0.0294. The second kappa shape index (κ2) is 5.93. The number of esters is 1. The maximum Gasteiger partial charge on any atom is 0.341 e. The van der Waals surface area contributed by atoms with Gasteiger partial charge in [0, 0.05) is 6.07 Å². The second-order valence-corrected chi connectivity index (χ2v) is 3.99. The van der Waals surface area contributed by atoms with Gasteiger partial charge in [-0.15, -0.1) is 0 Å². The van der Waals surface area contributed by atoms with Gasteiger partial charge < -0.3 is 4.74 Å². The van der Waals surface area contributed by atoms with E-state index in [-0.39, 0.29) is 6.61 Å². The number of ether oxygens (including phenoxy) is 1. The summed E-state index contributed by atoms with van der Waals surface area (Å²) in [5, 5.41) is 8.66. The zero-order chi connectivity index (χ0) is 14.5. The Kier molecular flexibility index (Phi) is 4.06. The number of nitrogens with zero attached hydrogens (tertiary/aromatic N) is 1. The molecule has 0 fully saturated rings. The number of halogens is 2. The van der Waals surface area contributed by atoms with Crippen LogP contribution in [0.15, 0.2) is 42.5 Å². The average molecular weight is 273 g/mol. The Bertz CT molecular complexity index is 678. The monoisotopic (exact) mass is 273 g/mol. The minimum absolute atomic E-state index is 0.0294. The van der Waals surface area contributed by atoms with Gasteiger partial charge >= 0.3 is 5.97 Å². The Morgan fingerprint density at radius 1 is 1.15 bits per heavy atom. The van der Waals surface area contributed by atoms with Gasteiger partial charge in [-0.1, -0.05) is 30.3 Å². The van der Waals surface area contributed by atoms with Crippen molar-refractivity contribution in [2.75, 3.05) is 0 Å². The normalized spacial score (nSPS) is 9.85. The Labute approximate surface area is 114 Å². The van der Waals surface area contributed by atoms with Gasteiger partial charge in [0.25, 0.3) is 0 Å². The molecule has 0 saturated heterocycles. The summed E-state index contributed by atoms with van der Waals surface area (Å²) in [6, 6.07) is 11.7. The highest BCUT2D eigenvalue weighted by Crippen LogP contribution is 2.16. The summed E-state index contributed by atoms with van der Waals surface area (Å²) in [7, 11) is 0. The van der Waals surface area contributed by atoms with E-state index in [1.807, 2.05) is 6.07 Å². The highest BCUT2D eigenvalue weighted by Gasteiger charge is 2.17. The largest absolute Gasteiger partial charge is 0.457 e. The van der Waals surface area contributed by atoms with E-state index in [9.17, 15) is 13.6 Å². The standard InChI is InChI=1S/C15H9F2NO2/c16-13-7-14(17)12(6-11(13)8-18)15(19)20-9-10-4-2-1-3-5-10/h1-7H,9H2. The molecule has 0 aliphatic carbocycles. The van der Waals surface area contributed by atoms with Crippen molar-refractivity contribution >= 4 is 5.97 Å². The maximum absolute atomic E-state index is 13.5. The summed E-state index contributed by atoms with van der Waals surface area (Å²) in [4.78, 5) is 11.7. The van der Waals surface area contributed by atoms with E-state index in [1.165, 1.54) is 0 Å². The van der Waals surface area contributed by atoms with Crippen LogP contribution >= 0.6 is 0 Å². The Hall–Kier alpha value is -2.74. The lowest BCUT2D eigenvalue weighted by molar-refractivity contribution is 0.0467. The molecule has 5 heteroatoms. The van der Waals surface area contributed by atoms with Gasteiger partial charge in [0.15, 0.2) is 0 Å². The van der Waals surface area contributed by atoms with Crippen molar-refractivity contribution in [3.05, 3.63) is 70.8 Å². The number of nitriles is 1. The van der Waals surface area contributed by atoms with E-state index >= 15 is 0 Å². The molecule has 0 amide bonds. The van der Waals surface area contributed by atoms with Crippen LogP contribution in [-0.2, 0) is 11.3 Å². The topological polar surface area (TPSA) is 50.1 Å². The van der Waals surface area contributed by atoms with Gasteiger partial charge in [0.1, 0.15) is 24.3 Å². The molecular weight excluding hydrogens is 264 g/mol. The average Bonchev–Trinajstić information content (AvgIpc) is 2.46. The van der Waals surface area contributed by atoms with Crippen LogP contribution in [0.5, 0.6) is 0 Å². The van der Waals surface area contributed by atoms with E-state index < -0.39 is 28.7 Å². The molecule has 2 aromatic rings. The Balaban J connectivity index is 2.16. The van der Waals surface area contributed by atoms with Gasteiger partial charge in [-0.25, -0.2) is 13.6 Å². The van der Waals surface area contributed by atoms with E-state index in [0.717, 1.165) is 11.6 Å². The fraction of sp³-hybridized carbons (Fsp3) is 0.0667. The summed E-state index contributed by atoms with van der Waals surface area (Å²) < 4.78 is 31.5. The molecule has 0 atom stereocenters. The van der Waals surface area contributed by atoms with E-state index in [2.05, 4.69) is 0 Å². The predicted molar refractivity (Wildman–Crippen MR) is 66.6 cm³/mol. The van der Waals surface area contributed by atoms with Gasteiger partial charge in [0.2, 0.25) is 0 Å². The van der Waals surface area contributed by atoms with Crippen LogP contribution in [0.4, 0.5) is 8.78 Å².